The minimum absolute atomic E-state index is 0.0273. The number of oxime groups is 1. The standard InChI is InChI=1S/C49H69N3O13/c1-8-10-26-61-47(57)52(21-27-60-28-24-55)43-32-40(51-65-48(3,4)5)37-29-33(15-11-13-22-53)36(16-12-14-23-54)44-38-30-35(18-20-41(38)64-49(43,45(37)44)62-25-9-2)63-46(56)50-39-19-17-34(58-6)31-42(39)59-7/h8-9,17-20,29-31,33,36,43-45,53-55H,1-2,10-16,21-28,32H2,3-7H3,(H,50,56)/t33-,36+,43-,44+,45+,49+/m0/s1. The molecule has 2 amide bonds. The molecule has 6 atom stereocenters. The number of unbranched alkanes of at least 4 members (excludes halogenated alkanes) is 2. The third-order valence-corrected chi connectivity index (χ3v) is 11.8. The van der Waals surface area contributed by atoms with Crippen molar-refractivity contribution >= 4 is 23.6 Å². The van der Waals surface area contributed by atoms with E-state index in [0.29, 0.717) is 60.8 Å². The lowest BCUT2D eigenvalue weighted by Gasteiger charge is -2.59. The van der Waals surface area contributed by atoms with E-state index in [0.717, 1.165) is 24.0 Å². The molecule has 0 saturated heterocycles. The van der Waals surface area contributed by atoms with Gasteiger partial charge in [-0.25, -0.2) is 9.59 Å². The van der Waals surface area contributed by atoms with Crippen LogP contribution in [0, 0.1) is 17.8 Å². The predicted octanol–water partition coefficient (Wildman–Crippen LogP) is 7.77. The van der Waals surface area contributed by atoms with Gasteiger partial charge in [-0.3, -0.25) is 10.2 Å². The van der Waals surface area contributed by atoms with Gasteiger partial charge in [-0.05, 0) is 101 Å². The molecule has 1 saturated carbocycles. The second-order valence-electron chi connectivity index (χ2n) is 17.3. The number of aliphatic hydroxyl groups excluding tert-OH is 3. The van der Waals surface area contributed by atoms with Crippen molar-refractivity contribution in [3.63, 3.8) is 0 Å². The molecule has 16 heteroatoms. The molecule has 3 aliphatic rings. The van der Waals surface area contributed by atoms with Crippen LogP contribution >= 0.6 is 0 Å². The van der Waals surface area contributed by atoms with Crippen molar-refractivity contribution in [1.82, 2.24) is 4.90 Å². The van der Waals surface area contributed by atoms with Gasteiger partial charge in [0.15, 0.2) is 0 Å². The van der Waals surface area contributed by atoms with Crippen LogP contribution in [0.15, 0.2) is 78.5 Å². The predicted molar refractivity (Wildman–Crippen MR) is 246 cm³/mol. The maximum Gasteiger partial charge on any atom is 0.417 e. The first kappa shape index (κ1) is 50.9. The molecule has 1 heterocycles. The number of aliphatic hydroxyl groups is 3. The summed E-state index contributed by atoms with van der Waals surface area (Å²) in [5.74, 6) is -1.03. The van der Waals surface area contributed by atoms with Gasteiger partial charge in [-0.2, -0.15) is 0 Å². The lowest BCUT2D eigenvalue weighted by molar-refractivity contribution is -0.256. The van der Waals surface area contributed by atoms with Crippen LogP contribution in [0.25, 0.3) is 0 Å². The summed E-state index contributed by atoms with van der Waals surface area (Å²) in [4.78, 5) is 35.8. The highest BCUT2D eigenvalue weighted by Crippen LogP contribution is 2.62. The zero-order chi connectivity index (χ0) is 47.0. The highest BCUT2D eigenvalue weighted by molar-refractivity contribution is 6.03. The molecule has 0 radical (unpaired) electrons. The van der Waals surface area contributed by atoms with Gasteiger partial charge in [0.05, 0.1) is 64.6 Å². The molecule has 0 spiro atoms. The van der Waals surface area contributed by atoms with Gasteiger partial charge in [0.2, 0.25) is 5.79 Å². The molecule has 4 N–H and O–H groups in total. The van der Waals surface area contributed by atoms with Crippen LogP contribution in [0.2, 0.25) is 0 Å². The van der Waals surface area contributed by atoms with Crippen molar-refractivity contribution in [3.05, 3.63) is 78.9 Å². The van der Waals surface area contributed by atoms with E-state index in [-0.39, 0.29) is 82.7 Å². The molecule has 1 fully saturated rings. The Labute approximate surface area is 383 Å². The zero-order valence-electron chi connectivity index (χ0n) is 38.6. The Morgan fingerprint density at radius 3 is 2.37 bits per heavy atom. The summed E-state index contributed by atoms with van der Waals surface area (Å²) in [6.07, 6.45) is 8.87. The number of carbonyl (C=O) groups excluding carboxylic acids is 2. The number of amides is 2. The van der Waals surface area contributed by atoms with E-state index < -0.39 is 35.5 Å². The minimum Gasteiger partial charge on any atom is -0.497 e. The summed E-state index contributed by atoms with van der Waals surface area (Å²) < 4.78 is 42.6. The van der Waals surface area contributed by atoms with Crippen LogP contribution in [0.4, 0.5) is 15.3 Å². The van der Waals surface area contributed by atoms with Gasteiger partial charge in [-0.1, -0.05) is 36.2 Å². The van der Waals surface area contributed by atoms with Crippen LogP contribution < -0.4 is 24.3 Å². The SMILES string of the molecule is C=CCCOC(=O)N(CCOCCO)[C@H]1CC(=NOC(C)(C)C)C2=C[C@H](CCCCO)[C@@H](CCCCO)[C@@H]3c4cc(OC(=O)Nc5ccc(OC)cc5OC)ccc4O[C@@]1(OCC=C)[C@H]23. The first-order valence-corrected chi connectivity index (χ1v) is 22.6. The summed E-state index contributed by atoms with van der Waals surface area (Å²) in [6, 6.07) is 9.36. The molecule has 5 rings (SSSR count). The van der Waals surface area contributed by atoms with Crippen LogP contribution in [0.5, 0.6) is 23.0 Å². The molecule has 1 aliphatic heterocycles. The van der Waals surface area contributed by atoms with Crippen molar-refractivity contribution in [3.8, 4) is 23.0 Å². The van der Waals surface area contributed by atoms with Gasteiger partial charge in [-0.15, -0.1) is 13.2 Å². The third-order valence-electron chi connectivity index (χ3n) is 11.8. The first-order chi connectivity index (χ1) is 31.4. The van der Waals surface area contributed by atoms with Crippen LogP contribution in [-0.2, 0) is 19.0 Å². The maximum atomic E-state index is 14.4. The number of benzene rings is 2. The summed E-state index contributed by atoms with van der Waals surface area (Å²) >= 11 is 0. The summed E-state index contributed by atoms with van der Waals surface area (Å²) in [7, 11) is 3.03. The Morgan fingerprint density at radius 1 is 0.938 bits per heavy atom. The first-order valence-electron chi connectivity index (χ1n) is 22.6. The van der Waals surface area contributed by atoms with Gasteiger partial charge in [0, 0.05) is 43.7 Å². The molecule has 0 unspecified atom stereocenters. The largest absolute Gasteiger partial charge is 0.497 e. The van der Waals surface area contributed by atoms with Gasteiger partial charge in [0.1, 0.15) is 34.6 Å². The van der Waals surface area contributed by atoms with Crippen molar-refractivity contribution < 1.29 is 62.9 Å². The molecule has 358 valence electrons. The van der Waals surface area contributed by atoms with Crippen LogP contribution in [0.3, 0.4) is 0 Å². The molecule has 0 aromatic heterocycles. The van der Waals surface area contributed by atoms with Crippen molar-refractivity contribution in [2.45, 2.75) is 95.5 Å². The molecule has 2 aliphatic carbocycles. The fourth-order valence-corrected chi connectivity index (χ4v) is 9.06. The zero-order valence-corrected chi connectivity index (χ0v) is 38.6. The van der Waals surface area contributed by atoms with Crippen LogP contribution in [0.1, 0.15) is 83.6 Å². The lowest BCUT2D eigenvalue weighted by Crippen LogP contribution is -2.70. The van der Waals surface area contributed by atoms with Crippen LogP contribution in [-0.4, -0.2) is 123 Å². The number of hydrogen-bond acceptors (Lipinski definition) is 14. The fourth-order valence-electron chi connectivity index (χ4n) is 9.06. The van der Waals surface area contributed by atoms with Crippen molar-refractivity contribution in [2.24, 2.45) is 22.9 Å². The fraction of sp³-hybridized carbons (Fsp3) is 0.571. The number of hydrogen-bond donors (Lipinski definition) is 4. The highest BCUT2D eigenvalue weighted by atomic mass is 16.7. The Balaban J connectivity index is 1.74. The summed E-state index contributed by atoms with van der Waals surface area (Å²) in [6.45, 7) is 13.7. The Morgan fingerprint density at radius 2 is 1.69 bits per heavy atom. The summed E-state index contributed by atoms with van der Waals surface area (Å²) in [5.41, 5.74) is 1.91. The molecular weight excluding hydrogens is 839 g/mol. The quantitative estimate of drug-likeness (QED) is 0.0429. The van der Waals surface area contributed by atoms with E-state index in [1.165, 1.54) is 14.2 Å². The van der Waals surface area contributed by atoms with Crippen molar-refractivity contribution in [2.75, 3.05) is 72.3 Å². The number of anilines is 1. The number of nitrogens with one attached hydrogen (secondary N) is 1. The van der Waals surface area contributed by atoms with Gasteiger partial charge in [0.25, 0.3) is 0 Å². The summed E-state index contributed by atoms with van der Waals surface area (Å²) in [5, 5.41) is 37.1. The average molecular weight is 908 g/mol. The monoisotopic (exact) mass is 907 g/mol. The number of ether oxygens (including phenoxy) is 7. The Hall–Kier alpha value is -5.13. The van der Waals surface area contributed by atoms with E-state index in [1.807, 2.05) is 26.8 Å². The average Bonchev–Trinajstić information content (AvgIpc) is 3.29. The molecular formula is C49H69N3O13. The number of carbonyl (C=O) groups is 2. The van der Waals surface area contributed by atoms with Gasteiger partial charge >= 0.3 is 12.2 Å². The highest BCUT2D eigenvalue weighted by Gasteiger charge is 2.65. The number of methoxy groups -OCH3 is 2. The second kappa shape index (κ2) is 24.4. The number of allylic oxidation sites excluding steroid dienone is 1. The van der Waals surface area contributed by atoms with Gasteiger partial charge < -0.3 is 53.3 Å². The van der Waals surface area contributed by atoms with E-state index in [9.17, 15) is 24.9 Å². The third kappa shape index (κ3) is 12.8. The van der Waals surface area contributed by atoms with E-state index in [2.05, 4.69) is 24.6 Å². The van der Waals surface area contributed by atoms with E-state index in [4.69, 9.17) is 43.2 Å². The smallest absolute Gasteiger partial charge is 0.417 e. The topological polar surface area (TPSA) is 196 Å². The second-order valence-corrected chi connectivity index (χ2v) is 17.3. The number of fused-ring (bicyclic) bond motifs is 2. The Kier molecular flexibility index (Phi) is 19.1. The van der Waals surface area contributed by atoms with E-state index >= 15 is 0 Å². The molecule has 0 bridgehead atoms. The molecule has 65 heavy (non-hydrogen) atoms. The number of rotatable bonds is 25. The minimum atomic E-state index is -1.57. The van der Waals surface area contributed by atoms with Crippen molar-refractivity contribution in [1.29, 1.82) is 0 Å². The number of nitrogens with zero attached hydrogens (tertiary/aromatic N) is 2. The Bertz CT molecular complexity index is 1960. The molecule has 2 aromatic rings. The molecule has 2 aromatic carbocycles. The lowest BCUT2D eigenvalue weighted by atomic mass is 9.55. The maximum absolute atomic E-state index is 14.4. The normalized spacial score (nSPS) is 22.6. The van der Waals surface area contributed by atoms with E-state index in [1.54, 1.807) is 47.4 Å². The molecule has 16 nitrogen and oxygen atoms in total.